The summed E-state index contributed by atoms with van der Waals surface area (Å²) in [4.78, 5) is 11.6. The van der Waals surface area contributed by atoms with Crippen molar-refractivity contribution in [1.29, 1.82) is 0 Å². The highest BCUT2D eigenvalue weighted by Gasteiger charge is 2.15. The molecule has 1 aliphatic heterocycles. The third kappa shape index (κ3) is 2.10. The molecule has 4 nitrogen and oxygen atoms in total. The second-order valence-electron chi connectivity index (χ2n) is 3.23. The Bertz CT molecular complexity index is 373. The minimum atomic E-state index is 0.0511. The lowest BCUT2D eigenvalue weighted by Gasteiger charge is -2.01. The molecule has 1 aromatic rings. The molecule has 0 bridgehead atoms. The zero-order valence-electron chi connectivity index (χ0n) is 8.49. The van der Waals surface area contributed by atoms with Crippen LogP contribution in [-0.4, -0.2) is 26.3 Å². The summed E-state index contributed by atoms with van der Waals surface area (Å²) in [6.45, 7) is 0.665. The van der Waals surface area contributed by atoms with Gasteiger partial charge in [0, 0.05) is 19.1 Å². The molecule has 0 saturated heterocycles. The summed E-state index contributed by atoms with van der Waals surface area (Å²) >= 11 is 0. The van der Waals surface area contributed by atoms with E-state index in [4.69, 9.17) is 14.2 Å². The topological polar surface area (TPSA) is 44.8 Å². The van der Waals surface area contributed by atoms with E-state index >= 15 is 0 Å². The molecule has 1 aliphatic rings. The van der Waals surface area contributed by atoms with Crippen LogP contribution in [0.25, 0.3) is 0 Å². The van der Waals surface area contributed by atoms with Gasteiger partial charge in [-0.1, -0.05) is 0 Å². The Balaban J connectivity index is 2.12. The fourth-order valence-electron chi connectivity index (χ4n) is 1.41. The van der Waals surface area contributed by atoms with Gasteiger partial charge in [0.05, 0.1) is 6.61 Å². The summed E-state index contributed by atoms with van der Waals surface area (Å²) in [7, 11) is 1.58. The predicted molar refractivity (Wildman–Crippen MR) is 53.4 cm³/mol. The Labute approximate surface area is 87.8 Å². The van der Waals surface area contributed by atoms with Gasteiger partial charge in [-0.15, -0.1) is 0 Å². The van der Waals surface area contributed by atoms with Gasteiger partial charge in [-0.3, -0.25) is 4.79 Å². The van der Waals surface area contributed by atoms with Crippen LogP contribution in [0.3, 0.4) is 0 Å². The van der Waals surface area contributed by atoms with Crippen LogP contribution in [0, 0.1) is 0 Å². The quantitative estimate of drug-likeness (QED) is 0.705. The molecule has 0 amide bonds. The van der Waals surface area contributed by atoms with Crippen LogP contribution in [0.5, 0.6) is 11.5 Å². The van der Waals surface area contributed by atoms with Crippen molar-refractivity contribution >= 4 is 5.78 Å². The van der Waals surface area contributed by atoms with Crippen molar-refractivity contribution in [1.82, 2.24) is 0 Å². The summed E-state index contributed by atoms with van der Waals surface area (Å²) in [5.41, 5.74) is 0.635. The lowest BCUT2D eigenvalue weighted by molar-refractivity contribution is 0.0932. The van der Waals surface area contributed by atoms with Crippen LogP contribution < -0.4 is 9.47 Å². The zero-order chi connectivity index (χ0) is 10.7. The molecule has 0 atom stereocenters. The lowest BCUT2D eigenvalue weighted by atomic mass is 10.1. The second-order valence-corrected chi connectivity index (χ2v) is 3.23. The maximum atomic E-state index is 11.6. The number of rotatable bonds is 4. The highest BCUT2D eigenvalue weighted by atomic mass is 16.7. The Morgan fingerprint density at radius 2 is 2.20 bits per heavy atom. The average molecular weight is 208 g/mol. The standard InChI is InChI=1S/C11H12O4/c1-13-5-4-9(12)8-2-3-10-11(6-8)15-7-14-10/h2-3,6H,4-5,7H2,1H3. The first-order valence-electron chi connectivity index (χ1n) is 4.73. The Morgan fingerprint density at radius 1 is 1.40 bits per heavy atom. The van der Waals surface area contributed by atoms with E-state index in [9.17, 15) is 4.79 Å². The summed E-state index contributed by atoms with van der Waals surface area (Å²) in [6, 6.07) is 5.20. The predicted octanol–water partition coefficient (Wildman–Crippen LogP) is 1.63. The van der Waals surface area contributed by atoms with Crippen molar-refractivity contribution in [3.63, 3.8) is 0 Å². The van der Waals surface area contributed by atoms with Gasteiger partial charge in [0.25, 0.3) is 0 Å². The monoisotopic (exact) mass is 208 g/mol. The Hall–Kier alpha value is -1.55. The van der Waals surface area contributed by atoms with E-state index in [1.54, 1.807) is 25.3 Å². The number of ether oxygens (including phenoxy) is 3. The number of carbonyl (C=O) groups is 1. The van der Waals surface area contributed by atoms with Crippen molar-refractivity contribution in [3.05, 3.63) is 23.8 Å². The summed E-state index contributed by atoms with van der Waals surface area (Å²) in [5.74, 6) is 1.38. The number of fused-ring (bicyclic) bond motifs is 1. The molecule has 0 fully saturated rings. The second kappa shape index (κ2) is 4.31. The summed E-state index contributed by atoms with van der Waals surface area (Å²) < 4.78 is 15.2. The molecule has 1 heterocycles. The molecule has 0 radical (unpaired) electrons. The van der Waals surface area contributed by atoms with Crippen LogP contribution in [0.4, 0.5) is 0 Å². The normalized spacial score (nSPS) is 12.9. The maximum Gasteiger partial charge on any atom is 0.231 e. The fourth-order valence-corrected chi connectivity index (χ4v) is 1.41. The molecule has 80 valence electrons. The van der Waals surface area contributed by atoms with E-state index < -0.39 is 0 Å². The van der Waals surface area contributed by atoms with Crippen molar-refractivity contribution < 1.29 is 19.0 Å². The number of Topliss-reactive ketones (excluding diaryl/α,β-unsaturated/α-hetero) is 1. The van der Waals surface area contributed by atoms with E-state index in [0.29, 0.717) is 30.1 Å². The minimum Gasteiger partial charge on any atom is -0.454 e. The van der Waals surface area contributed by atoms with Crippen LogP contribution in [0.15, 0.2) is 18.2 Å². The molecular formula is C11H12O4. The molecule has 0 aliphatic carbocycles. The van der Waals surface area contributed by atoms with Crippen LogP contribution in [-0.2, 0) is 4.74 Å². The number of carbonyl (C=O) groups excluding carboxylic acids is 1. The van der Waals surface area contributed by atoms with Gasteiger partial charge in [-0.25, -0.2) is 0 Å². The van der Waals surface area contributed by atoms with Gasteiger partial charge < -0.3 is 14.2 Å². The lowest BCUT2D eigenvalue weighted by Crippen LogP contribution is -2.03. The molecule has 1 aromatic carbocycles. The Kier molecular flexibility index (Phi) is 2.87. The largest absolute Gasteiger partial charge is 0.454 e. The van der Waals surface area contributed by atoms with Gasteiger partial charge in [0.2, 0.25) is 6.79 Å². The zero-order valence-corrected chi connectivity index (χ0v) is 8.49. The molecule has 0 spiro atoms. The third-order valence-corrected chi connectivity index (χ3v) is 2.23. The van der Waals surface area contributed by atoms with Crippen LogP contribution >= 0.6 is 0 Å². The molecule has 0 unspecified atom stereocenters. The number of hydrogen-bond donors (Lipinski definition) is 0. The number of benzene rings is 1. The average Bonchev–Trinajstić information content (AvgIpc) is 2.72. The SMILES string of the molecule is COCCC(=O)c1ccc2c(c1)OCO2. The number of methoxy groups -OCH3 is 1. The first kappa shape index (κ1) is 9.98. The summed E-state index contributed by atoms with van der Waals surface area (Å²) in [6.07, 6.45) is 0.385. The van der Waals surface area contributed by atoms with E-state index in [-0.39, 0.29) is 12.6 Å². The number of ketones is 1. The van der Waals surface area contributed by atoms with Crippen molar-refractivity contribution in [2.45, 2.75) is 6.42 Å². The van der Waals surface area contributed by atoms with E-state index in [2.05, 4.69) is 0 Å². The van der Waals surface area contributed by atoms with Crippen molar-refractivity contribution in [2.75, 3.05) is 20.5 Å². The molecule has 0 saturated carbocycles. The van der Waals surface area contributed by atoms with Crippen molar-refractivity contribution in [3.8, 4) is 11.5 Å². The molecule has 15 heavy (non-hydrogen) atoms. The minimum absolute atomic E-state index is 0.0511. The van der Waals surface area contributed by atoms with E-state index in [0.717, 1.165) is 0 Å². The summed E-state index contributed by atoms with van der Waals surface area (Å²) in [5, 5.41) is 0. The molecule has 2 rings (SSSR count). The fraction of sp³-hybridized carbons (Fsp3) is 0.364. The highest BCUT2D eigenvalue weighted by Crippen LogP contribution is 2.32. The van der Waals surface area contributed by atoms with Crippen LogP contribution in [0.1, 0.15) is 16.8 Å². The Morgan fingerprint density at radius 3 is 3.00 bits per heavy atom. The van der Waals surface area contributed by atoms with Crippen molar-refractivity contribution in [2.24, 2.45) is 0 Å². The highest BCUT2D eigenvalue weighted by molar-refractivity contribution is 5.96. The molecule has 0 aromatic heterocycles. The van der Waals surface area contributed by atoms with Crippen LogP contribution in [0.2, 0.25) is 0 Å². The first-order chi connectivity index (χ1) is 7.31. The smallest absolute Gasteiger partial charge is 0.231 e. The number of hydrogen-bond acceptors (Lipinski definition) is 4. The van der Waals surface area contributed by atoms with E-state index in [1.165, 1.54) is 0 Å². The van der Waals surface area contributed by atoms with Gasteiger partial charge in [0.1, 0.15) is 0 Å². The third-order valence-electron chi connectivity index (χ3n) is 2.23. The van der Waals surface area contributed by atoms with Gasteiger partial charge >= 0.3 is 0 Å². The van der Waals surface area contributed by atoms with Gasteiger partial charge in [-0.05, 0) is 18.2 Å². The molecule has 0 N–H and O–H groups in total. The van der Waals surface area contributed by atoms with Gasteiger partial charge in [0.15, 0.2) is 17.3 Å². The molecule has 4 heteroatoms. The maximum absolute atomic E-state index is 11.6. The molecular weight excluding hydrogens is 196 g/mol. The van der Waals surface area contributed by atoms with E-state index in [1.807, 2.05) is 0 Å². The van der Waals surface area contributed by atoms with Gasteiger partial charge in [-0.2, -0.15) is 0 Å². The first-order valence-corrected chi connectivity index (χ1v) is 4.73.